The summed E-state index contributed by atoms with van der Waals surface area (Å²) in [6.45, 7) is 3.33. The summed E-state index contributed by atoms with van der Waals surface area (Å²) in [4.78, 5) is 52.0. The van der Waals surface area contributed by atoms with Crippen molar-refractivity contribution < 1.29 is 28.8 Å². The Morgan fingerprint density at radius 3 is 2.29 bits per heavy atom. The van der Waals surface area contributed by atoms with Gasteiger partial charge in [-0.05, 0) is 43.5 Å². The van der Waals surface area contributed by atoms with Crippen LogP contribution in [0.25, 0.3) is 0 Å². The lowest BCUT2D eigenvalue weighted by molar-refractivity contribution is -0.384. The van der Waals surface area contributed by atoms with E-state index in [0.717, 1.165) is 23.4 Å². The molecule has 0 aliphatic carbocycles. The van der Waals surface area contributed by atoms with Crippen molar-refractivity contribution in [3.05, 3.63) is 69.3 Å². The number of hydrogen-bond donors (Lipinski definition) is 0. The number of benzene rings is 2. The summed E-state index contributed by atoms with van der Waals surface area (Å²) in [6.07, 6.45) is 1.54. The van der Waals surface area contributed by atoms with Gasteiger partial charge in [-0.25, -0.2) is 4.79 Å². The number of nitrogens with zero attached hydrogens (tertiary/aromatic N) is 3. The van der Waals surface area contributed by atoms with Gasteiger partial charge in [0.25, 0.3) is 11.6 Å². The van der Waals surface area contributed by atoms with Gasteiger partial charge in [0.15, 0.2) is 0 Å². The highest BCUT2D eigenvalue weighted by molar-refractivity contribution is 5.99. The number of nitro groups is 1. The molecule has 0 unspecified atom stereocenters. The van der Waals surface area contributed by atoms with Crippen LogP contribution < -0.4 is 4.74 Å². The number of amides is 2. The summed E-state index contributed by atoms with van der Waals surface area (Å²) in [6, 6.07) is 11.1. The molecule has 2 amide bonds. The number of esters is 1. The Balaban J connectivity index is 1.64. The van der Waals surface area contributed by atoms with Gasteiger partial charge < -0.3 is 19.3 Å². The molecular formula is C25H29N3O7. The number of methoxy groups -OCH3 is 1. The van der Waals surface area contributed by atoms with E-state index in [4.69, 9.17) is 9.47 Å². The molecule has 0 saturated carbocycles. The van der Waals surface area contributed by atoms with Gasteiger partial charge in [-0.15, -0.1) is 0 Å². The maximum atomic E-state index is 13.1. The van der Waals surface area contributed by atoms with Crippen molar-refractivity contribution >= 4 is 23.5 Å². The highest BCUT2D eigenvalue weighted by Gasteiger charge is 2.25. The second-order valence-corrected chi connectivity index (χ2v) is 8.12. The van der Waals surface area contributed by atoms with Crippen molar-refractivity contribution in [3.8, 4) is 5.75 Å². The molecule has 35 heavy (non-hydrogen) atoms. The fourth-order valence-electron chi connectivity index (χ4n) is 3.93. The number of rotatable bonds is 8. The highest BCUT2D eigenvalue weighted by Crippen LogP contribution is 2.21. The van der Waals surface area contributed by atoms with Crippen LogP contribution in [0.15, 0.2) is 42.5 Å². The predicted octanol–water partition coefficient (Wildman–Crippen LogP) is 3.09. The zero-order chi connectivity index (χ0) is 25.4. The van der Waals surface area contributed by atoms with E-state index in [1.807, 2.05) is 24.3 Å². The van der Waals surface area contributed by atoms with Crippen LogP contribution in [0, 0.1) is 10.1 Å². The lowest BCUT2D eigenvalue weighted by Gasteiger charge is -2.22. The number of ether oxygens (including phenoxy) is 2. The molecular weight excluding hydrogens is 454 g/mol. The normalized spacial score (nSPS) is 13.7. The van der Waals surface area contributed by atoms with Crippen LogP contribution in [0.5, 0.6) is 5.75 Å². The number of non-ortho nitro benzene ring substituents is 1. The third-order valence-electron chi connectivity index (χ3n) is 5.81. The molecule has 3 rings (SSSR count). The Labute approximate surface area is 203 Å². The first kappa shape index (κ1) is 25.7. The Bertz CT molecular complexity index is 1080. The monoisotopic (exact) mass is 483 g/mol. The lowest BCUT2D eigenvalue weighted by atomic mass is 10.1. The molecule has 1 saturated heterocycles. The van der Waals surface area contributed by atoms with Gasteiger partial charge in [0.1, 0.15) is 5.75 Å². The van der Waals surface area contributed by atoms with E-state index in [1.165, 1.54) is 6.07 Å². The lowest BCUT2D eigenvalue weighted by Crippen LogP contribution is -2.37. The minimum atomic E-state index is -0.727. The topological polar surface area (TPSA) is 119 Å². The van der Waals surface area contributed by atoms with Crippen molar-refractivity contribution in [2.75, 3.05) is 39.9 Å². The largest absolute Gasteiger partial charge is 0.497 e. The molecule has 1 heterocycles. The second-order valence-electron chi connectivity index (χ2n) is 8.12. The van der Waals surface area contributed by atoms with E-state index >= 15 is 0 Å². The maximum absolute atomic E-state index is 13.1. The quantitative estimate of drug-likeness (QED) is 0.321. The molecule has 0 aromatic heterocycles. The molecule has 2 aromatic rings. The third-order valence-corrected chi connectivity index (χ3v) is 5.81. The van der Waals surface area contributed by atoms with E-state index in [-0.39, 0.29) is 29.3 Å². The van der Waals surface area contributed by atoms with E-state index in [2.05, 4.69) is 0 Å². The highest BCUT2D eigenvalue weighted by atomic mass is 16.6. The maximum Gasteiger partial charge on any atom is 0.338 e. The molecule has 0 radical (unpaired) electrons. The molecule has 186 valence electrons. The first-order valence-corrected chi connectivity index (χ1v) is 11.5. The fraction of sp³-hybridized carbons (Fsp3) is 0.400. The molecule has 1 aliphatic rings. The van der Waals surface area contributed by atoms with Crippen LogP contribution in [0.1, 0.15) is 46.0 Å². The predicted molar refractivity (Wildman–Crippen MR) is 127 cm³/mol. The molecule has 0 N–H and O–H groups in total. The van der Waals surface area contributed by atoms with Crippen molar-refractivity contribution in [3.63, 3.8) is 0 Å². The van der Waals surface area contributed by atoms with Crippen LogP contribution in [-0.4, -0.2) is 72.4 Å². The average Bonchev–Trinajstić information content (AvgIpc) is 3.13. The Morgan fingerprint density at radius 2 is 1.63 bits per heavy atom. The van der Waals surface area contributed by atoms with Gasteiger partial charge in [0.05, 0.1) is 24.2 Å². The SMILES string of the molecule is CCOC(=O)c1cc(C(=O)N2CCCN(C(=O)CCc3ccc(OC)cc3)CC2)cc([N+](=O)[O-])c1. The fourth-order valence-corrected chi connectivity index (χ4v) is 3.93. The number of carbonyl (C=O) groups excluding carboxylic acids is 3. The van der Waals surface area contributed by atoms with Crippen molar-refractivity contribution in [1.82, 2.24) is 9.80 Å². The minimum absolute atomic E-state index is 0.00932. The Kier molecular flexibility index (Phi) is 8.77. The average molecular weight is 484 g/mol. The smallest absolute Gasteiger partial charge is 0.338 e. The molecule has 0 spiro atoms. The molecule has 0 atom stereocenters. The number of nitro benzene ring substituents is 1. The summed E-state index contributed by atoms with van der Waals surface area (Å²) in [5, 5.41) is 11.3. The van der Waals surface area contributed by atoms with Crippen LogP contribution in [-0.2, 0) is 16.0 Å². The van der Waals surface area contributed by atoms with E-state index in [1.54, 1.807) is 23.8 Å². The summed E-state index contributed by atoms with van der Waals surface area (Å²) in [5.41, 5.74) is 0.675. The standard InChI is InChI=1S/C25H29N3O7/c1-3-35-25(31)20-15-19(16-21(17-20)28(32)33)24(30)27-12-4-11-26(13-14-27)23(29)10-7-18-5-8-22(34-2)9-6-18/h5-6,8-9,15-17H,3-4,7,10-14H2,1-2H3. The minimum Gasteiger partial charge on any atom is -0.497 e. The van der Waals surface area contributed by atoms with Gasteiger partial charge in [-0.2, -0.15) is 0 Å². The second kappa shape index (κ2) is 12.0. The first-order chi connectivity index (χ1) is 16.8. The summed E-state index contributed by atoms with van der Waals surface area (Å²) >= 11 is 0. The van der Waals surface area contributed by atoms with Crippen LogP contribution >= 0.6 is 0 Å². The molecule has 10 nitrogen and oxygen atoms in total. The number of hydrogen-bond acceptors (Lipinski definition) is 7. The van der Waals surface area contributed by atoms with E-state index in [9.17, 15) is 24.5 Å². The first-order valence-electron chi connectivity index (χ1n) is 11.5. The molecule has 1 aliphatic heterocycles. The van der Waals surface area contributed by atoms with Crippen LogP contribution in [0.3, 0.4) is 0 Å². The molecule has 0 bridgehead atoms. The summed E-state index contributed by atoms with van der Waals surface area (Å²) in [7, 11) is 1.60. The summed E-state index contributed by atoms with van der Waals surface area (Å²) in [5.74, 6) is -0.382. The third kappa shape index (κ3) is 6.78. The van der Waals surface area contributed by atoms with Gasteiger partial charge in [0, 0.05) is 50.3 Å². The zero-order valence-corrected chi connectivity index (χ0v) is 19.9. The van der Waals surface area contributed by atoms with Crippen molar-refractivity contribution in [2.45, 2.75) is 26.2 Å². The van der Waals surface area contributed by atoms with Crippen LogP contribution in [0.2, 0.25) is 0 Å². The molecule has 2 aromatic carbocycles. The van der Waals surface area contributed by atoms with Gasteiger partial charge >= 0.3 is 5.97 Å². The molecule has 1 fully saturated rings. The Hall–Kier alpha value is -3.95. The molecule has 10 heteroatoms. The number of aryl methyl sites for hydroxylation is 1. The van der Waals surface area contributed by atoms with Gasteiger partial charge in [-0.1, -0.05) is 12.1 Å². The van der Waals surface area contributed by atoms with Crippen molar-refractivity contribution in [2.24, 2.45) is 0 Å². The van der Waals surface area contributed by atoms with Crippen LogP contribution in [0.4, 0.5) is 5.69 Å². The Morgan fingerprint density at radius 1 is 0.971 bits per heavy atom. The van der Waals surface area contributed by atoms with Gasteiger partial charge in [-0.3, -0.25) is 19.7 Å². The van der Waals surface area contributed by atoms with E-state index in [0.29, 0.717) is 45.4 Å². The zero-order valence-electron chi connectivity index (χ0n) is 19.9. The summed E-state index contributed by atoms with van der Waals surface area (Å²) < 4.78 is 10.1. The van der Waals surface area contributed by atoms with Gasteiger partial charge in [0.2, 0.25) is 5.91 Å². The number of carbonyl (C=O) groups is 3. The van der Waals surface area contributed by atoms with E-state index < -0.39 is 16.8 Å². The van der Waals surface area contributed by atoms with Crippen molar-refractivity contribution in [1.29, 1.82) is 0 Å².